The monoisotopic (exact) mass is 210 g/mol. The van der Waals surface area contributed by atoms with Crippen molar-refractivity contribution < 1.29 is 9.59 Å². The number of carbonyl (C=O) groups is 2. The van der Waals surface area contributed by atoms with Gasteiger partial charge < -0.3 is 0 Å². The highest BCUT2D eigenvalue weighted by Crippen LogP contribution is 2.20. The molecule has 0 N–H and O–H groups in total. The van der Waals surface area contributed by atoms with E-state index in [1.807, 2.05) is 24.3 Å². The molecule has 0 aliphatic heterocycles. The second-order valence-electron chi connectivity index (χ2n) is 3.49. The van der Waals surface area contributed by atoms with E-state index in [1.54, 1.807) is 24.3 Å². The first-order valence-electron chi connectivity index (χ1n) is 4.94. The summed E-state index contributed by atoms with van der Waals surface area (Å²) >= 11 is 0. The first-order valence-corrected chi connectivity index (χ1v) is 4.94. The average Bonchev–Trinajstić information content (AvgIpc) is 2.39. The lowest BCUT2D eigenvalue weighted by atomic mass is 10.0. The standard InChI is InChI=1S/C14H10O2/c15-9-11-3-1-5-13(7-11)14-6-2-4-12(8-14)10-16/h1-10H. The fourth-order valence-electron chi connectivity index (χ4n) is 1.58. The van der Waals surface area contributed by atoms with Crippen molar-refractivity contribution in [3.8, 4) is 11.1 Å². The first-order chi connectivity index (χ1) is 7.83. The van der Waals surface area contributed by atoms with Crippen LogP contribution in [-0.4, -0.2) is 12.6 Å². The van der Waals surface area contributed by atoms with Crippen molar-refractivity contribution in [1.29, 1.82) is 0 Å². The fourth-order valence-corrected chi connectivity index (χ4v) is 1.58. The van der Waals surface area contributed by atoms with E-state index in [-0.39, 0.29) is 0 Å². The predicted molar refractivity (Wildman–Crippen MR) is 62.7 cm³/mol. The maximum Gasteiger partial charge on any atom is 0.150 e. The third-order valence-corrected chi connectivity index (χ3v) is 2.38. The highest BCUT2D eigenvalue weighted by atomic mass is 16.1. The van der Waals surface area contributed by atoms with Gasteiger partial charge in [-0.25, -0.2) is 0 Å². The summed E-state index contributed by atoms with van der Waals surface area (Å²) < 4.78 is 0. The van der Waals surface area contributed by atoms with Gasteiger partial charge in [0.25, 0.3) is 0 Å². The Hall–Kier alpha value is -2.22. The summed E-state index contributed by atoms with van der Waals surface area (Å²) in [5, 5.41) is 0. The summed E-state index contributed by atoms with van der Waals surface area (Å²) in [5.41, 5.74) is 3.14. The zero-order chi connectivity index (χ0) is 11.4. The predicted octanol–water partition coefficient (Wildman–Crippen LogP) is 2.98. The van der Waals surface area contributed by atoms with Crippen molar-refractivity contribution in [2.24, 2.45) is 0 Å². The third-order valence-electron chi connectivity index (χ3n) is 2.38. The molecule has 2 aromatic carbocycles. The summed E-state index contributed by atoms with van der Waals surface area (Å²) in [4.78, 5) is 21.3. The molecule has 0 saturated carbocycles. The summed E-state index contributed by atoms with van der Waals surface area (Å²) in [6, 6.07) is 14.6. The van der Waals surface area contributed by atoms with E-state index in [2.05, 4.69) is 0 Å². The molecule has 78 valence electrons. The van der Waals surface area contributed by atoms with Crippen LogP contribution in [0.4, 0.5) is 0 Å². The minimum atomic E-state index is 0.633. The number of hydrogen-bond acceptors (Lipinski definition) is 2. The molecule has 0 aliphatic rings. The molecule has 0 spiro atoms. The quantitative estimate of drug-likeness (QED) is 0.730. The molecule has 0 heterocycles. The maximum atomic E-state index is 10.7. The van der Waals surface area contributed by atoms with Crippen LogP contribution in [0.1, 0.15) is 20.7 Å². The summed E-state index contributed by atoms with van der Waals surface area (Å²) in [7, 11) is 0. The molecule has 0 amide bonds. The Morgan fingerprint density at radius 1 is 0.688 bits per heavy atom. The Kier molecular flexibility index (Phi) is 2.92. The van der Waals surface area contributed by atoms with Gasteiger partial charge in [-0.1, -0.05) is 36.4 Å². The third kappa shape index (κ3) is 2.06. The van der Waals surface area contributed by atoms with E-state index in [0.717, 1.165) is 23.7 Å². The normalized spacial score (nSPS) is 9.75. The van der Waals surface area contributed by atoms with Gasteiger partial charge in [-0.2, -0.15) is 0 Å². The van der Waals surface area contributed by atoms with E-state index in [9.17, 15) is 9.59 Å². The molecule has 0 fully saturated rings. The summed E-state index contributed by atoms with van der Waals surface area (Å²) in [6.07, 6.45) is 1.63. The van der Waals surface area contributed by atoms with Crippen molar-refractivity contribution in [2.45, 2.75) is 0 Å². The van der Waals surface area contributed by atoms with Crippen LogP contribution in [0.15, 0.2) is 48.5 Å². The smallest absolute Gasteiger partial charge is 0.150 e. The van der Waals surface area contributed by atoms with Crippen LogP contribution in [0.5, 0.6) is 0 Å². The van der Waals surface area contributed by atoms with Crippen molar-refractivity contribution in [3.63, 3.8) is 0 Å². The average molecular weight is 210 g/mol. The molecule has 0 aromatic heterocycles. The Balaban J connectivity index is 2.49. The number of aldehydes is 2. The minimum absolute atomic E-state index is 0.633. The van der Waals surface area contributed by atoms with E-state index in [0.29, 0.717) is 11.1 Å². The number of hydrogen-bond donors (Lipinski definition) is 0. The second-order valence-corrected chi connectivity index (χ2v) is 3.49. The van der Waals surface area contributed by atoms with Gasteiger partial charge in [0.1, 0.15) is 12.6 Å². The molecule has 0 saturated heterocycles. The Labute approximate surface area is 93.5 Å². The van der Waals surface area contributed by atoms with Crippen LogP contribution in [0.25, 0.3) is 11.1 Å². The molecule has 2 nitrogen and oxygen atoms in total. The van der Waals surface area contributed by atoms with E-state index < -0.39 is 0 Å². The molecule has 0 radical (unpaired) electrons. The van der Waals surface area contributed by atoms with Crippen molar-refractivity contribution in [2.75, 3.05) is 0 Å². The maximum absolute atomic E-state index is 10.7. The van der Waals surface area contributed by atoms with Crippen molar-refractivity contribution >= 4 is 12.6 Å². The number of carbonyl (C=O) groups excluding carboxylic acids is 2. The van der Waals surface area contributed by atoms with Crippen LogP contribution in [0, 0.1) is 0 Å². The van der Waals surface area contributed by atoms with Crippen LogP contribution in [-0.2, 0) is 0 Å². The molecule has 0 aliphatic carbocycles. The molecule has 0 bridgehead atoms. The SMILES string of the molecule is O=Cc1cccc(-c2cccc(C=O)c2)c1. The molecule has 16 heavy (non-hydrogen) atoms. The zero-order valence-electron chi connectivity index (χ0n) is 8.59. The lowest BCUT2D eigenvalue weighted by Gasteiger charge is -2.02. The van der Waals surface area contributed by atoms with Crippen LogP contribution >= 0.6 is 0 Å². The van der Waals surface area contributed by atoms with Gasteiger partial charge in [0.15, 0.2) is 0 Å². The molecule has 0 unspecified atom stereocenters. The Morgan fingerprint density at radius 3 is 1.50 bits per heavy atom. The number of benzene rings is 2. The van der Waals surface area contributed by atoms with Crippen LogP contribution in [0.2, 0.25) is 0 Å². The van der Waals surface area contributed by atoms with Crippen molar-refractivity contribution in [3.05, 3.63) is 59.7 Å². The van der Waals surface area contributed by atoms with E-state index >= 15 is 0 Å². The largest absolute Gasteiger partial charge is 0.298 e. The minimum Gasteiger partial charge on any atom is -0.298 e. The van der Waals surface area contributed by atoms with E-state index in [4.69, 9.17) is 0 Å². The number of rotatable bonds is 3. The Bertz CT molecular complexity index is 480. The highest BCUT2D eigenvalue weighted by molar-refractivity contribution is 5.81. The molecular weight excluding hydrogens is 200 g/mol. The first kappa shape index (κ1) is 10.3. The van der Waals surface area contributed by atoms with Crippen LogP contribution in [0.3, 0.4) is 0 Å². The summed E-state index contributed by atoms with van der Waals surface area (Å²) in [5.74, 6) is 0. The van der Waals surface area contributed by atoms with Gasteiger partial charge in [-0.3, -0.25) is 9.59 Å². The topological polar surface area (TPSA) is 34.1 Å². The second kappa shape index (κ2) is 4.53. The lowest BCUT2D eigenvalue weighted by molar-refractivity contribution is 0.111. The van der Waals surface area contributed by atoms with Gasteiger partial charge in [0, 0.05) is 11.1 Å². The van der Waals surface area contributed by atoms with Gasteiger partial charge >= 0.3 is 0 Å². The summed E-state index contributed by atoms with van der Waals surface area (Å²) in [6.45, 7) is 0. The molecule has 2 heteroatoms. The lowest BCUT2D eigenvalue weighted by Crippen LogP contribution is -1.84. The van der Waals surface area contributed by atoms with Gasteiger partial charge in [-0.05, 0) is 23.3 Å². The van der Waals surface area contributed by atoms with Crippen molar-refractivity contribution in [1.82, 2.24) is 0 Å². The molecule has 0 atom stereocenters. The van der Waals surface area contributed by atoms with E-state index in [1.165, 1.54) is 0 Å². The molecule has 2 aromatic rings. The molecular formula is C14H10O2. The highest BCUT2D eigenvalue weighted by Gasteiger charge is 1.99. The fraction of sp³-hybridized carbons (Fsp3) is 0. The zero-order valence-corrected chi connectivity index (χ0v) is 8.59. The van der Waals surface area contributed by atoms with Crippen LogP contribution < -0.4 is 0 Å². The van der Waals surface area contributed by atoms with Gasteiger partial charge in [-0.15, -0.1) is 0 Å². The van der Waals surface area contributed by atoms with Gasteiger partial charge in [0.2, 0.25) is 0 Å². The molecule has 2 rings (SSSR count). The Morgan fingerprint density at radius 2 is 1.12 bits per heavy atom. The van der Waals surface area contributed by atoms with Gasteiger partial charge in [0.05, 0.1) is 0 Å².